The molecule has 6 heteroatoms. The normalized spacial score (nSPS) is 15.1. The Labute approximate surface area is 179 Å². The Kier molecular flexibility index (Phi) is 4.95. The van der Waals surface area contributed by atoms with Gasteiger partial charge in [-0.25, -0.2) is 4.68 Å². The number of fused-ring (bicyclic) bond motifs is 1. The number of allylic oxidation sites excluding steroid dienone is 1. The van der Waals surface area contributed by atoms with E-state index < -0.39 is 0 Å². The highest BCUT2D eigenvalue weighted by Gasteiger charge is 2.23. The van der Waals surface area contributed by atoms with E-state index in [1.807, 2.05) is 59.3 Å². The number of rotatable bonds is 5. The number of benzene rings is 3. The molecular formula is C24H19ClN4O. The van der Waals surface area contributed by atoms with Gasteiger partial charge >= 0.3 is 0 Å². The number of hydrogen-bond donors (Lipinski definition) is 1. The minimum Gasteiger partial charge on any atom is -0.489 e. The number of anilines is 1. The van der Waals surface area contributed by atoms with Crippen LogP contribution in [0.5, 0.6) is 5.75 Å². The second-order valence-corrected chi connectivity index (χ2v) is 7.47. The van der Waals surface area contributed by atoms with Crippen LogP contribution in [0.1, 0.15) is 22.7 Å². The summed E-state index contributed by atoms with van der Waals surface area (Å²) in [5.41, 5.74) is 4.26. The van der Waals surface area contributed by atoms with E-state index in [0.29, 0.717) is 17.6 Å². The van der Waals surface area contributed by atoms with Crippen molar-refractivity contribution in [2.45, 2.75) is 12.6 Å². The van der Waals surface area contributed by atoms with Crippen LogP contribution in [0.25, 0.3) is 5.70 Å². The maximum atomic E-state index is 6.04. The van der Waals surface area contributed by atoms with Gasteiger partial charge in [-0.15, -0.1) is 0 Å². The van der Waals surface area contributed by atoms with Crippen molar-refractivity contribution >= 4 is 23.2 Å². The topological polar surface area (TPSA) is 52.0 Å². The van der Waals surface area contributed by atoms with E-state index in [1.165, 1.54) is 0 Å². The Morgan fingerprint density at radius 2 is 1.70 bits per heavy atom. The molecule has 5 nitrogen and oxygen atoms in total. The maximum Gasteiger partial charge on any atom is 0.226 e. The van der Waals surface area contributed by atoms with Crippen molar-refractivity contribution in [3.8, 4) is 5.75 Å². The molecule has 0 spiro atoms. The van der Waals surface area contributed by atoms with E-state index in [2.05, 4.69) is 45.7 Å². The highest BCUT2D eigenvalue weighted by Crippen LogP contribution is 2.33. The molecule has 1 aliphatic rings. The second-order valence-electron chi connectivity index (χ2n) is 7.03. The summed E-state index contributed by atoms with van der Waals surface area (Å²) < 4.78 is 7.79. The number of halogens is 1. The first-order valence-corrected chi connectivity index (χ1v) is 10.0. The maximum absolute atomic E-state index is 6.04. The van der Waals surface area contributed by atoms with Crippen LogP contribution in [0.4, 0.5) is 5.95 Å². The third kappa shape index (κ3) is 3.80. The summed E-state index contributed by atoms with van der Waals surface area (Å²) in [6, 6.07) is 25.9. The van der Waals surface area contributed by atoms with Crippen molar-refractivity contribution < 1.29 is 4.74 Å². The first-order chi connectivity index (χ1) is 14.8. The average Bonchev–Trinajstić information content (AvgIpc) is 3.27. The van der Waals surface area contributed by atoms with Gasteiger partial charge in [-0.05, 0) is 47.0 Å². The number of hydrogen-bond acceptors (Lipinski definition) is 4. The van der Waals surface area contributed by atoms with Crippen LogP contribution < -0.4 is 10.1 Å². The number of aromatic nitrogens is 3. The first kappa shape index (κ1) is 18.5. The van der Waals surface area contributed by atoms with Crippen LogP contribution in [0.2, 0.25) is 5.02 Å². The zero-order valence-electron chi connectivity index (χ0n) is 16.1. The third-order valence-electron chi connectivity index (χ3n) is 5.03. The van der Waals surface area contributed by atoms with Gasteiger partial charge in [0.25, 0.3) is 0 Å². The highest BCUT2D eigenvalue weighted by molar-refractivity contribution is 6.30. The molecular weight excluding hydrogens is 396 g/mol. The van der Waals surface area contributed by atoms with E-state index in [9.17, 15) is 0 Å². The highest BCUT2D eigenvalue weighted by atomic mass is 35.5. The molecule has 30 heavy (non-hydrogen) atoms. The van der Waals surface area contributed by atoms with Gasteiger partial charge in [0.05, 0.1) is 0 Å². The van der Waals surface area contributed by atoms with Gasteiger partial charge in [0.1, 0.15) is 24.7 Å². The lowest BCUT2D eigenvalue weighted by molar-refractivity contribution is 0.306. The summed E-state index contributed by atoms with van der Waals surface area (Å²) in [5.74, 6) is 1.54. The van der Waals surface area contributed by atoms with Gasteiger partial charge in [0.15, 0.2) is 0 Å². The van der Waals surface area contributed by atoms with E-state index in [-0.39, 0.29) is 6.04 Å². The minimum atomic E-state index is -0.0717. The summed E-state index contributed by atoms with van der Waals surface area (Å²) >= 11 is 6.04. The summed E-state index contributed by atoms with van der Waals surface area (Å²) in [6.07, 6.45) is 3.70. The first-order valence-electron chi connectivity index (χ1n) is 9.67. The molecule has 3 aromatic carbocycles. The monoisotopic (exact) mass is 414 g/mol. The fourth-order valence-corrected chi connectivity index (χ4v) is 3.60. The summed E-state index contributed by atoms with van der Waals surface area (Å²) in [4.78, 5) is 4.36. The van der Waals surface area contributed by atoms with E-state index >= 15 is 0 Å². The molecule has 5 rings (SSSR count). The molecule has 148 valence electrons. The Bertz CT molecular complexity index is 1170. The van der Waals surface area contributed by atoms with Gasteiger partial charge in [-0.2, -0.15) is 10.1 Å². The van der Waals surface area contributed by atoms with Gasteiger partial charge in [0.2, 0.25) is 5.95 Å². The van der Waals surface area contributed by atoms with Crippen LogP contribution in [0, 0.1) is 0 Å². The number of ether oxygens (including phenoxy) is 1. The molecule has 2 heterocycles. The molecule has 0 saturated carbocycles. The molecule has 0 unspecified atom stereocenters. The van der Waals surface area contributed by atoms with Gasteiger partial charge in [-0.1, -0.05) is 66.2 Å². The van der Waals surface area contributed by atoms with E-state index in [1.54, 1.807) is 6.33 Å². The molecule has 0 aliphatic carbocycles. The molecule has 1 aromatic heterocycles. The zero-order valence-corrected chi connectivity index (χ0v) is 16.8. The fraction of sp³-hybridized carbons (Fsp3) is 0.0833. The molecule has 1 atom stereocenters. The lowest BCUT2D eigenvalue weighted by Gasteiger charge is -2.24. The van der Waals surface area contributed by atoms with Crippen molar-refractivity contribution in [1.29, 1.82) is 0 Å². The van der Waals surface area contributed by atoms with Crippen molar-refractivity contribution in [1.82, 2.24) is 14.8 Å². The van der Waals surface area contributed by atoms with Crippen molar-refractivity contribution in [2.24, 2.45) is 0 Å². The smallest absolute Gasteiger partial charge is 0.226 e. The SMILES string of the molecule is Clc1ccc(C2=C[C@H](c3ccc(OCc4ccccc4)cc3)n3ncnc3N2)cc1. The Balaban J connectivity index is 1.40. The minimum absolute atomic E-state index is 0.0717. The quantitative estimate of drug-likeness (QED) is 0.464. The van der Waals surface area contributed by atoms with Crippen LogP contribution in [0.3, 0.4) is 0 Å². The molecule has 0 saturated heterocycles. The van der Waals surface area contributed by atoms with Crippen molar-refractivity contribution in [2.75, 3.05) is 5.32 Å². The fourth-order valence-electron chi connectivity index (χ4n) is 3.47. The summed E-state index contributed by atoms with van der Waals surface area (Å²) in [5, 5.41) is 8.46. The Hall–Kier alpha value is -3.57. The molecule has 1 aliphatic heterocycles. The Morgan fingerprint density at radius 3 is 2.47 bits per heavy atom. The zero-order chi connectivity index (χ0) is 20.3. The average molecular weight is 415 g/mol. The lowest BCUT2D eigenvalue weighted by Crippen LogP contribution is -2.20. The summed E-state index contributed by atoms with van der Waals surface area (Å²) in [6.45, 7) is 0.543. The predicted octanol–water partition coefficient (Wildman–Crippen LogP) is 5.57. The molecule has 4 aromatic rings. The summed E-state index contributed by atoms with van der Waals surface area (Å²) in [7, 11) is 0. The van der Waals surface area contributed by atoms with Gasteiger partial charge in [0, 0.05) is 10.7 Å². The molecule has 0 radical (unpaired) electrons. The van der Waals surface area contributed by atoms with Crippen LogP contribution in [-0.4, -0.2) is 14.8 Å². The molecule has 1 N–H and O–H groups in total. The Morgan fingerprint density at radius 1 is 0.933 bits per heavy atom. The third-order valence-corrected chi connectivity index (χ3v) is 5.28. The lowest BCUT2D eigenvalue weighted by atomic mass is 10.0. The van der Waals surface area contributed by atoms with Gasteiger partial charge in [-0.3, -0.25) is 0 Å². The standard InChI is InChI=1S/C24H19ClN4O/c25-20-10-6-18(7-11-20)22-14-23(29-24(28-22)26-16-27-29)19-8-12-21(13-9-19)30-15-17-4-2-1-3-5-17/h1-14,16,23H,15H2,(H,26,27,28)/t23-/m1/s1. The molecule has 0 fully saturated rings. The van der Waals surface area contributed by atoms with E-state index in [4.69, 9.17) is 16.3 Å². The molecule has 0 bridgehead atoms. The van der Waals surface area contributed by atoms with Crippen LogP contribution >= 0.6 is 11.6 Å². The number of nitrogens with zero attached hydrogens (tertiary/aromatic N) is 3. The van der Waals surface area contributed by atoms with Crippen LogP contribution in [0.15, 0.2) is 91.3 Å². The predicted molar refractivity (Wildman–Crippen MR) is 118 cm³/mol. The van der Waals surface area contributed by atoms with Crippen molar-refractivity contribution in [3.05, 3.63) is 113 Å². The van der Waals surface area contributed by atoms with Crippen molar-refractivity contribution in [3.63, 3.8) is 0 Å². The van der Waals surface area contributed by atoms with E-state index in [0.717, 1.165) is 28.1 Å². The van der Waals surface area contributed by atoms with Crippen LogP contribution in [-0.2, 0) is 6.61 Å². The second kappa shape index (κ2) is 8.05. The number of nitrogens with one attached hydrogen (secondary N) is 1. The largest absolute Gasteiger partial charge is 0.489 e. The van der Waals surface area contributed by atoms with Gasteiger partial charge < -0.3 is 10.1 Å². The molecule has 0 amide bonds.